The molecule has 4 N–H and O–H groups in total. The Morgan fingerprint density at radius 1 is 1.00 bits per heavy atom. The van der Waals surface area contributed by atoms with Crippen LogP contribution >= 0.6 is 0 Å². The average molecular weight is 541 g/mol. The summed E-state index contributed by atoms with van der Waals surface area (Å²) in [5.74, 6) is -3.19. The molecule has 0 spiro atoms. The maximum absolute atomic E-state index is 13.4. The number of hydrogen-bond acceptors (Lipinski definition) is 5. The molecule has 0 atom stereocenters. The summed E-state index contributed by atoms with van der Waals surface area (Å²) in [6.07, 6.45) is -5.08. The number of aliphatic carboxylic acids is 1. The topological polar surface area (TPSA) is 116 Å². The summed E-state index contributed by atoms with van der Waals surface area (Å²) in [4.78, 5) is 37.6. The summed E-state index contributed by atoms with van der Waals surface area (Å²) >= 11 is 0. The van der Waals surface area contributed by atoms with Crippen molar-refractivity contribution in [1.29, 1.82) is 0 Å². The van der Waals surface area contributed by atoms with Gasteiger partial charge in [0.25, 0.3) is 5.91 Å². The summed E-state index contributed by atoms with van der Waals surface area (Å²) in [6.45, 7) is 3.89. The van der Waals surface area contributed by atoms with Gasteiger partial charge in [-0.2, -0.15) is 13.2 Å². The van der Waals surface area contributed by atoms with Crippen LogP contribution in [0.2, 0.25) is 0 Å². The van der Waals surface area contributed by atoms with E-state index in [0.29, 0.717) is 22.5 Å². The second kappa shape index (κ2) is 12.3. The van der Waals surface area contributed by atoms with Crippen LogP contribution in [0.4, 0.5) is 29.3 Å². The van der Waals surface area contributed by atoms with E-state index in [1.807, 2.05) is 54.6 Å². The van der Waals surface area contributed by atoms with Crippen molar-refractivity contribution in [2.45, 2.75) is 19.6 Å². The number of nitrogens with zero attached hydrogens (tertiary/aromatic N) is 2. The third-order valence-corrected chi connectivity index (χ3v) is 5.80. The lowest BCUT2D eigenvalue weighted by Crippen LogP contribution is -2.38. The highest BCUT2D eigenvalue weighted by atomic mass is 19.4. The van der Waals surface area contributed by atoms with Gasteiger partial charge in [0, 0.05) is 17.8 Å². The summed E-state index contributed by atoms with van der Waals surface area (Å²) in [6, 6.07) is 24.2. The summed E-state index contributed by atoms with van der Waals surface area (Å²) < 4.78 is 31.7. The minimum atomic E-state index is -5.08. The van der Waals surface area contributed by atoms with Crippen molar-refractivity contribution in [2.24, 2.45) is 5.73 Å². The van der Waals surface area contributed by atoms with Crippen LogP contribution in [0.1, 0.15) is 23.6 Å². The van der Waals surface area contributed by atoms with Crippen LogP contribution in [0, 0.1) is 0 Å². The van der Waals surface area contributed by atoms with Crippen molar-refractivity contribution in [1.82, 2.24) is 4.90 Å². The molecule has 0 unspecified atom stereocenters. The molecule has 0 aliphatic carbocycles. The van der Waals surface area contributed by atoms with Gasteiger partial charge < -0.3 is 21.1 Å². The number of carbonyl (C=O) groups excluding carboxylic acids is 2. The van der Waals surface area contributed by atoms with E-state index in [0.717, 1.165) is 34.8 Å². The first-order valence-electron chi connectivity index (χ1n) is 11.8. The Kier molecular flexibility index (Phi) is 9.10. The van der Waals surface area contributed by atoms with Crippen molar-refractivity contribution >= 4 is 40.6 Å². The fourth-order valence-electron chi connectivity index (χ4n) is 3.88. The Morgan fingerprint density at radius 2 is 1.62 bits per heavy atom. The molecular formula is C28H27F3N4O4. The highest BCUT2D eigenvalue weighted by Crippen LogP contribution is 2.41. The number of carbonyl (C=O) groups is 3. The largest absolute Gasteiger partial charge is 0.490 e. The second-order valence-electron chi connectivity index (χ2n) is 8.57. The highest BCUT2D eigenvalue weighted by Gasteiger charge is 2.39. The van der Waals surface area contributed by atoms with Crippen LogP contribution in [0.15, 0.2) is 78.9 Å². The minimum absolute atomic E-state index is 0.418. The predicted molar refractivity (Wildman–Crippen MR) is 143 cm³/mol. The molecule has 0 fully saturated rings. The van der Waals surface area contributed by atoms with Gasteiger partial charge >= 0.3 is 18.2 Å². The van der Waals surface area contributed by atoms with Crippen molar-refractivity contribution in [2.75, 3.05) is 23.8 Å². The molecule has 11 heteroatoms. The van der Waals surface area contributed by atoms with Gasteiger partial charge in [0.2, 0.25) is 0 Å². The molecule has 204 valence electrons. The quantitative estimate of drug-likeness (QED) is 0.371. The number of nitrogens with two attached hydrogens (primary N) is 1. The van der Waals surface area contributed by atoms with Crippen LogP contribution < -0.4 is 16.0 Å². The molecule has 3 aromatic carbocycles. The summed E-state index contributed by atoms with van der Waals surface area (Å²) in [5, 5.41) is 10.6. The monoisotopic (exact) mass is 540 g/mol. The van der Waals surface area contributed by atoms with Crippen LogP contribution in [-0.2, 0) is 16.1 Å². The number of amides is 3. The van der Waals surface area contributed by atoms with Crippen LogP contribution in [0.5, 0.6) is 0 Å². The molecule has 0 radical (unpaired) electrons. The number of hydrogen-bond donors (Lipinski definition) is 3. The number of halogens is 3. The van der Waals surface area contributed by atoms with E-state index in [9.17, 15) is 22.8 Å². The molecule has 1 aliphatic rings. The lowest BCUT2D eigenvalue weighted by atomic mass is 10.00. The van der Waals surface area contributed by atoms with E-state index in [1.165, 1.54) is 0 Å². The van der Waals surface area contributed by atoms with Gasteiger partial charge in [0.05, 0.1) is 17.0 Å². The second-order valence-corrected chi connectivity index (χ2v) is 8.57. The molecular weight excluding hydrogens is 513 g/mol. The first kappa shape index (κ1) is 28.9. The number of benzene rings is 3. The van der Waals surface area contributed by atoms with Crippen molar-refractivity contribution in [3.8, 4) is 0 Å². The zero-order valence-electron chi connectivity index (χ0n) is 21.2. The summed E-state index contributed by atoms with van der Waals surface area (Å²) in [5.41, 5.74) is 10.6. The van der Waals surface area contributed by atoms with E-state index in [-0.39, 0.29) is 0 Å². The summed E-state index contributed by atoms with van der Waals surface area (Å²) in [7, 11) is 2.07. The lowest BCUT2D eigenvalue weighted by molar-refractivity contribution is -0.192. The predicted octanol–water partition coefficient (Wildman–Crippen LogP) is 5.18. The molecule has 3 amide bonds. The number of carboxylic acid groups (broad SMARTS) is 1. The molecule has 39 heavy (non-hydrogen) atoms. The van der Waals surface area contributed by atoms with Gasteiger partial charge in [-0.05, 0) is 42.9 Å². The number of imide groups is 1. The number of anilines is 2. The zero-order valence-corrected chi connectivity index (χ0v) is 21.2. The maximum atomic E-state index is 13.4. The Morgan fingerprint density at radius 3 is 2.21 bits per heavy atom. The van der Waals surface area contributed by atoms with Gasteiger partial charge in [-0.1, -0.05) is 67.6 Å². The van der Waals surface area contributed by atoms with Gasteiger partial charge in [0.1, 0.15) is 0 Å². The molecule has 0 saturated carbocycles. The molecule has 0 saturated heterocycles. The number of rotatable bonds is 6. The Hall–Kier alpha value is -4.64. The first-order valence-corrected chi connectivity index (χ1v) is 11.8. The molecule has 4 rings (SSSR count). The Labute approximate surface area is 223 Å². The highest BCUT2D eigenvalue weighted by molar-refractivity contribution is 6.43. The first-order chi connectivity index (χ1) is 18.4. The standard InChI is InChI=1S/C26H26N4O2.C2HF3O2/c1-3-29(2)17-18-10-9-13-20(16-18)28-24(19-11-5-4-6-12-19)23-21-14-7-8-15-22(21)30(25(23)31)26(27)32;3-2(4,5)1(6)7/h4-16,28H,3,17H2,1-2H3,(H2,27,32);(H,6,7)/b24-23-;. The molecule has 1 heterocycles. The Bertz CT molecular complexity index is 1390. The third kappa shape index (κ3) is 7.02. The Balaban J connectivity index is 0.000000532. The van der Waals surface area contributed by atoms with Gasteiger partial charge in [-0.3, -0.25) is 4.79 Å². The number of fused-ring (bicyclic) bond motifs is 1. The number of nitrogens with one attached hydrogen (secondary N) is 1. The molecule has 1 aliphatic heterocycles. The third-order valence-electron chi connectivity index (χ3n) is 5.80. The van der Waals surface area contributed by atoms with Crippen molar-refractivity contribution in [3.05, 3.63) is 95.6 Å². The molecule has 0 bridgehead atoms. The molecule has 8 nitrogen and oxygen atoms in total. The number of alkyl halides is 3. The van der Waals surface area contributed by atoms with Gasteiger partial charge in [0.15, 0.2) is 0 Å². The van der Waals surface area contributed by atoms with E-state index in [4.69, 9.17) is 15.6 Å². The fourth-order valence-corrected chi connectivity index (χ4v) is 3.88. The fraction of sp³-hybridized carbons (Fsp3) is 0.179. The van der Waals surface area contributed by atoms with Crippen LogP contribution in [0.3, 0.4) is 0 Å². The molecule has 0 aromatic heterocycles. The van der Waals surface area contributed by atoms with Crippen molar-refractivity contribution in [3.63, 3.8) is 0 Å². The van der Waals surface area contributed by atoms with Crippen LogP contribution in [-0.4, -0.2) is 47.7 Å². The maximum Gasteiger partial charge on any atom is 0.490 e. The van der Waals surface area contributed by atoms with E-state index < -0.39 is 24.1 Å². The number of primary amides is 1. The number of carboxylic acids is 1. The molecule has 3 aromatic rings. The number of urea groups is 1. The van der Waals surface area contributed by atoms with Gasteiger partial charge in [-0.15, -0.1) is 0 Å². The SMILES string of the molecule is CCN(C)Cc1cccc(N/C(=C2\C(=O)N(C(N)=O)c3ccccc32)c2ccccc2)c1.O=C(O)C(F)(F)F. The minimum Gasteiger partial charge on any atom is -0.475 e. The average Bonchev–Trinajstić information content (AvgIpc) is 3.19. The van der Waals surface area contributed by atoms with Gasteiger partial charge in [-0.25, -0.2) is 14.5 Å². The van der Waals surface area contributed by atoms with Crippen molar-refractivity contribution < 1.29 is 32.7 Å². The lowest BCUT2D eigenvalue weighted by Gasteiger charge is -2.17. The zero-order chi connectivity index (χ0) is 28.7. The van der Waals surface area contributed by atoms with Crippen LogP contribution in [0.25, 0.3) is 11.3 Å². The van der Waals surface area contributed by atoms with E-state index in [2.05, 4.69) is 36.3 Å². The number of para-hydroxylation sites is 1. The smallest absolute Gasteiger partial charge is 0.475 e. The normalized spacial score (nSPS) is 13.9. The van der Waals surface area contributed by atoms with E-state index >= 15 is 0 Å². The van der Waals surface area contributed by atoms with E-state index in [1.54, 1.807) is 12.1 Å².